The number of ether oxygens (including phenoxy) is 5. The van der Waals surface area contributed by atoms with Crippen LogP contribution in [0.1, 0.15) is 20.7 Å². The highest BCUT2D eigenvalue weighted by Crippen LogP contribution is 2.28. The third-order valence-corrected chi connectivity index (χ3v) is 4.72. The number of esters is 2. The van der Waals surface area contributed by atoms with Crippen LogP contribution in [0, 0.1) is 0 Å². The Morgan fingerprint density at radius 3 is 1.80 bits per heavy atom. The fourth-order valence-corrected chi connectivity index (χ4v) is 3.27. The number of hydrogen-bond donors (Lipinski definition) is 1. The first-order valence-corrected chi connectivity index (χ1v) is 9.42. The molecule has 2 aromatic rings. The van der Waals surface area contributed by atoms with Crippen molar-refractivity contribution in [3.8, 4) is 0 Å². The van der Waals surface area contributed by atoms with Crippen LogP contribution in [-0.4, -0.2) is 68.6 Å². The third kappa shape index (κ3) is 5.03. The quantitative estimate of drug-likeness (QED) is 0.683. The van der Waals surface area contributed by atoms with Crippen LogP contribution >= 0.6 is 0 Å². The fraction of sp³-hybridized carbons (Fsp3) is 0.364. The second kappa shape index (κ2) is 10.3. The van der Waals surface area contributed by atoms with Gasteiger partial charge in [0, 0.05) is 14.2 Å². The van der Waals surface area contributed by atoms with Crippen LogP contribution in [0.3, 0.4) is 0 Å². The van der Waals surface area contributed by atoms with Crippen molar-refractivity contribution in [3.63, 3.8) is 0 Å². The smallest absolute Gasteiger partial charge is 0.338 e. The van der Waals surface area contributed by atoms with E-state index < -0.39 is 42.6 Å². The Bertz CT molecular complexity index is 826. The van der Waals surface area contributed by atoms with Crippen molar-refractivity contribution < 1.29 is 38.4 Å². The average molecular weight is 416 g/mol. The maximum Gasteiger partial charge on any atom is 0.338 e. The normalized spacial score (nSPS) is 26.0. The molecule has 160 valence electrons. The molecule has 1 N–H and O–H groups in total. The minimum Gasteiger partial charge on any atom is -0.452 e. The van der Waals surface area contributed by atoms with E-state index in [0.29, 0.717) is 5.56 Å². The highest BCUT2D eigenvalue weighted by molar-refractivity contribution is 5.90. The Morgan fingerprint density at radius 1 is 0.833 bits per heavy atom. The van der Waals surface area contributed by atoms with E-state index in [4.69, 9.17) is 23.7 Å². The number of carbonyl (C=O) groups excluding carboxylic acids is 2. The molecule has 0 radical (unpaired) electrons. The molecule has 0 unspecified atom stereocenters. The van der Waals surface area contributed by atoms with Crippen molar-refractivity contribution in [1.82, 2.24) is 0 Å². The molecule has 1 aliphatic rings. The molecule has 1 fully saturated rings. The molecule has 0 aliphatic carbocycles. The summed E-state index contributed by atoms with van der Waals surface area (Å²) in [4.78, 5) is 25.2. The summed E-state index contributed by atoms with van der Waals surface area (Å²) in [5, 5.41) is 10.5. The lowest BCUT2D eigenvalue weighted by atomic mass is 9.98. The Hall–Kier alpha value is -2.78. The summed E-state index contributed by atoms with van der Waals surface area (Å²) < 4.78 is 27.3. The molecule has 8 heteroatoms. The Kier molecular flexibility index (Phi) is 7.53. The topological polar surface area (TPSA) is 101 Å². The van der Waals surface area contributed by atoms with E-state index in [1.807, 2.05) is 0 Å². The van der Waals surface area contributed by atoms with Gasteiger partial charge in [-0.15, -0.1) is 0 Å². The van der Waals surface area contributed by atoms with Crippen LogP contribution < -0.4 is 0 Å². The molecule has 2 aromatic carbocycles. The molecule has 1 saturated heterocycles. The predicted octanol–water partition coefficient (Wildman–Crippen LogP) is 1.82. The van der Waals surface area contributed by atoms with Crippen LogP contribution in [0.15, 0.2) is 60.7 Å². The lowest BCUT2D eigenvalue weighted by molar-refractivity contribution is -0.290. The summed E-state index contributed by atoms with van der Waals surface area (Å²) in [6.07, 6.45) is -5.55. The summed E-state index contributed by atoms with van der Waals surface area (Å²) in [7, 11) is 2.88. The van der Waals surface area contributed by atoms with Gasteiger partial charge < -0.3 is 28.8 Å². The summed E-state index contributed by atoms with van der Waals surface area (Å²) in [5.74, 6) is -1.34. The monoisotopic (exact) mass is 416 g/mol. The largest absolute Gasteiger partial charge is 0.452 e. The van der Waals surface area contributed by atoms with E-state index in [0.717, 1.165) is 0 Å². The summed E-state index contributed by atoms with van der Waals surface area (Å²) in [5.41, 5.74) is 0.593. The molecule has 1 aliphatic heterocycles. The molecule has 0 aromatic heterocycles. The Balaban J connectivity index is 1.86. The van der Waals surface area contributed by atoms with Gasteiger partial charge in [-0.3, -0.25) is 0 Å². The first-order chi connectivity index (χ1) is 14.5. The van der Waals surface area contributed by atoms with E-state index in [1.54, 1.807) is 60.7 Å². The van der Waals surface area contributed by atoms with Crippen molar-refractivity contribution in [3.05, 3.63) is 71.8 Å². The van der Waals surface area contributed by atoms with E-state index in [2.05, 4.69) is 0 Å². The fourth-order valence-electron chi connectivity index (χ4n) is 3.27. The van der Waals surface area contributed by atoms with E-state index >= 15 is 0 Å². The lowest BCUT2D eigenvalue weighted by Crippen LogP contribution is -2.61. The molecule has 1 heterocycles. The standard InChI is InChI=1S/C22H24O8/c1-26-13-16-17(27-2)18(29-20(23)14-9-5-3-6-10-14)19(22(25)28-16)30-21(24)15-11-7-4-8-12-15/h3-12,16-19,22,25H,13H2,1-2H3/t16-,17+,18-,19-,22-/m0/s1. The van der Waals surface area contributed by atoms with Gasteiger partial charge in [0.05, 0.1) is 17.7 Å². The average Bonchev–Trinajstić information content (AvgIpc) is 2.77. The number of carbonyl (C=O) groups is 2. The molecule has 0 bridgehead atoms. The van der Waals surface area contributed by atoms with Crippen molar-refractivity contribution in [2.75, 3.05) is 20.8 Å². The molecule has 0 saturated carbocycles. The van der Waals surface area contributed by atoms with Gasteiger partial charge in [0.2, 0.25) is 0 Å². The molecule has 5 atom stereocenters. The van der Waals surface area contributed by atoms with Crippen LogP contribution in [0.25, 0.3) is 0 Å². The maximum atomic E-state index is 12.7. The van der Waals surface area contributed by atoms with Crippen molar-refractivity contribution in [1.29, 1.82) is 0 Å². The molecular formula is C22H24O8. The minimum atomic E-state index is -1.54. The van der Waals surface area contributed by atoms with Crippen LogP contribution in [-0.2, 0) is 23.7 Å². The summed E-state index contributed by atoms with van der Waals surface area (Å²) >= 11 is 0. The van der Waals surface area contributed by atoms with Crippen LogP contribution in [0.5, 0.6) is 0 Å². The highest BCUT2D eigenvalue weighted by Gasteiger charge is 2.50. The molecule has 3 rings (SSSR count). The van der Waals surface area contributed by atoms with E-state index in [-0.39, 0.29) is 12.2 Å². The predicted molar refractivity (Wildman–Crippen MR) is 105 cm³/mol. The SMILES string of the molecule is COC[C@@H]1O[C@H](O)[C@@H](OC(=O)c2ccccc2)[C@@H](OC(=O)c2ccccc2)[C@@H]1OC. The van der Waals surface area contributed by atoms with Gasteiger partial charge in [-0.2, -0.15) is 0 Å². The lowest BCUT2D eigenvalue weighted by Gasteiger charge is -2.42. The van der Waals surface area contributed by atoms with Gasteiger partial charge in [-0.1, -0.05) is 36.4 Å². The number of benzene rings is 2. The number of aliphatic hydroxyl groups excluding tert-OH is 1. The van der Waals surface area contributed by atoms with Crippen LogP contribution in [0.2, 0.25) is 0 Å². The van der Waals surface area contributed by atoms with E-state index in [9.17, 15) is 14.7 Å². The Labute approximate surface area is 174 Å². The second-order valence-electron chi connectivity index (χ2n) is 6.69. The maximum absolute atomic E-state index is 12.7. The second-order valence-corrected chi connectivity index (χ2v) is 6.69. The third-order valence-electron chi connectivity index (χ3n) is 4.72. The van der Waals surface area contributed by atoms with Gasteiger partial charge >= 0.3 is 11.9 Å². The van der Waals surface area contributed by atoms with Gasteiger partial charge in [0.1, 0.15) is 12.2 Å². The van der Waals surface area contributed by atoms with Gasteiger partial charge in [0.15, 0.2) is 18.5 Å². The van der Waals surface area contributed by atoms with Gasteiger partial charge in [-0.25, -0.2) is 9.59 Å². The van der Waals surface area contributed by atoms with Gasteiger partial charge in [0.25, 0.3) is 0 Å². The zero-order valence-electron chi connectivity index (χ0n) is 16.7. The zero-order chi connectivity index (χ0) is 21.5. The number of methoxy groups -OCH3 is 2. The van der Waals surface area contributed by atoms with Gasteiger partial charge in [-0.05, 0) is 24.3 Å². The summed E-state index contributed by atoms with van der Waals surface area (Å²) in [6, 6.07) is 16.6. The van der Waals surface area contributed by atoms with Crippen molar-refractivity contribution in [2.45, 2.75) is 30.7 Å². The van der Waals surface area contributed by atoms with Crippen molar-refractivity contribution >= 4 is 11.9 Å². The Morgan fingerprint density at radius 2 is 1.33 bits per heavy atom. The molecule has 0 spiro atoms. The molecule has 0 amide bonds. The number of rotatable bonds is 7. The molecular weight excluding hydrogens is 392 g/mol. The number of aliphatic hydroxyl groups is 1. The minimum absolute atomic E-state index is 0.0777. The molecule has 8 nitrogen and oxygen atoms in total. The van der Waals surface area contributed by atoms with Crippen LogP contribution in [0.4, 0.5) is 0 Å². The highest BCUT2D eigenvalue weighted by atomic mass is 16.7. The summed E-state index contributed by atoms with van der Waals surface area (Å²) in [6.45, 7) is 0.0777. The number of hydrogen-bond acceptors (Lipinski definition) is 8. The van der Waals surface area contributed by atoms with Crippen molar-refractivity contribution in [2.24, 2.45) is 0 Å². The first kappa shape index (κ1) is 21.9. The van der Waals surface area contributed by atoms with E-state index in [1.165, 1.54) is 14.2 Å². The zero-order valence-corrected chi connectivity index (χ0v) is 16.7. The first-order valence-electron chi connectivity index (χ1n) is 9.42. The molecule has 30 heavy (non-hydrogen) atoms.